The SMILES string of the molecule is CC(N)=NCC(CCC(=O)O)C(=O)O. The highest BCUT2D eigenvalue weighted by atomic mass is 16.4. The number of amidine groups is 1. The summed E-state index contributed by atoms with van der Waals surface area (Å²) in [6.07, 6.45) is -0.0997. The van der Waals surface area contributed by atoms with E-state index in [0.29, 0.717) is 5.84 Å². The maximum Gasteiger partial charge on any atom is 0.308 e. The molecule has 1 atom stereocenters. The fourth-order valence-corrected chi connectivity index (χ4v) is 0.845. The van der Waals surface area contributed by atoms with Crippen molar-refractivity contribution in [3.05, 3.63) is 0 Å². The number of nitrogens with zero attached hydrogens (tertiary/aromatic N) is 1. The van der Waals surface area contributed by atoms with Crippen LogP contribution >= 0.6 is 0 Å². The standard InChI is InChI=1S/C8H14N2O4/c1-5(9)10-4-6(8(13)14)2-3-7(11)12/h6H,2-4H2,1H3,(H2,9,10)(H,11,12)(H,13,14). The first kappa shape index (κ1) is 12.4. The molecule has 0 fully saturated rings. The van der Waals surface area contributed by atoms with E-state index in [1.54, 1.807) is 6.92 Å². The van der Waals surface area contributed by atoms with Gasteiger partial charge in [-0.15, -0.1) is 0 Å². The number of rotatable bonds is 6. The lowest BCUT2D eigenvalue weighted by atomic mass is 10.0. The molecule has 0 aromatic heterocycles. The first-order valence-corrected chi connectivity index (χ1v) is 4.14. The predicted molar refractivity (Wildman–Crippen MR) is 50.2 cm³/mol. The lowest BCUT2D eigenvalue weighted by molar-refractivity contribution is -0.142. The number of carboxylic acids is 2. The van der Waals surface area contributed by atoms with Crippen LogP contribution in [0.2, 0.25) is 0 Å². The van der Waals surface area contributed by atoms with Crippen LogP contribution in [-0.4, -0.2) is 34.5 Å². The molecule has 6 heteroatoms. The molecule has 80 valence electrons. The van der Waals surface area contributed by atoms with Gasteiger partial charge < -0.3 is 15.9 Å². The topological polar surface area (TPSA) is 113 Å². The van der Waals surface area contributed by atoms with Gasteiger partial charge in [-0.2, -0.15) is 0 Å². The van der Waals surface area contributed by atoms with Gasteiger partial charge >= 0.3 is 11.9 Å². The van der Waals surface area contributed by atoms with Crippen molar-refractivity contribution in [1.29, 1.82) is 0 Å². The Hall–Kier alpha value is -1.59. The molecule has 1 unspecified atom stereocenters. The molecule has 0 aliphatic heterocycles. The minimum atomic E-state index is -1.05. The molecule has 0 aromatic carbocycles. The maximum atomic E-state index is 10.6. The zero-order chi connectivity index (χ0) is 11.1. The summed E-state index contributed by atoms with van der Waals surface area (Å²) in [5.41, 5.74) is 5.24. The number of carboxylic acid groups (broad SMARTS) is 2. The first-order valence-electron chi connectivity index (χ1n) is 4.14. The van der Waals surface area contributed by atoms with E-state index >= 15 is 0 Å². The summed E-state index contributed by atoms with van der Waals surface area (Å²) >= 11 is 0. The van der Waals surface area contributed by atoms with Gasteiger partial charge in [-0.25, -0.2) is 0 Å². The van der Waals surface area contributed by atoms with E-state index in [4.69, 9.17) is 15.9 Å². The van der Waals surface area contributed by atoms with Crippen molar-refractivity contribution in [2.75, 3.05) is 6.54 Å². The van der Waals surface area contributed by atoms with Crippen molar-refractivity contribution in [3.63, 3.8) is 0 Å². The molecule has 0 saturated carbocycles. The fraction of sp³-hybridized carbons (Fsp3) is 0.625. The fourth-order valence-electron chi connectivity index (χ4n) is 0.845. The van der Waals surface area contributed by atoms with Gasteiger partial charge in [0.05, 0.1) is 18.3 Å². The van der Waals surface area contributed by atoms with Gasteiger partial charge in [-0.05, 0) is 13.3 Å². The lowest BCUT2D eigenvalue weighted by Crippen LogP contribution is -2.20. The van der Waals surface area contributed by atoms with E-state index in [1.165, 1.54) is 0 Å². The highest BCUT2D eigenvalue weighted by Crippen LogP contribution is 2.07. The van der Waals surface area contributed by atoms with Crippen molar-refractivity contribution in [2.24, 2.45) is 16.6 Å². The average molecular weight is 202 g/mol. The van der Waals surface area contributed by atoms with Crippen molar-refractivity contribution in [3.8, 4) is 0 Å². The maximum absolute atomic E-state index is 10.6. The van der Waals surface area contributed by atoms with Crippen molar-refractivity contribution < 1.29 is 19.8 Å². The predicted octanol–water partition coefficient (Wildman–Crippen LogP) is -0.0709. The summed E-state index contributed by atoms with van der Waals surface area (Å²) in [5, 5.41) is 17.1. The Bertz CT molecular complexity index is 246. The number of aliphatic carboxylic acids is 2. The van der Waals surface area contributed by atoms with E-state index in [-0.39, 0.29) is 19.4 Å². The first-order chi connectivity index (χ1) is 6.43. The second kappa shape index (κ2) is 5.95. The van der Waals surface area contributed by atoms with Crippen molar-refractivity contribution in [2.45, 2.75) is 19.8 Å². The Balaban J connectivity index is 4.10. The Morgan fingerprint density at radius 1 is 1.43 bits per heavy atom. The van der Waals surface area contributed by atoms with Gasteiger partial charge in [-0.3, -0.25) is 14.6 Å². The molecule has 0 radical (unpaired) electrons. The second-order valence-corrected chi connectivity index (χ2v) is 2.95. The Kier molecular flexibility index (Phi) is 5.28. The minimum absolute atomic E-state index is 0.0327. The molecule has 0 heterocycles. The Morgan fingerprint density at radius 3 is 2.36 bits per heavy atom. The largest absolute Gasteiger partial charge is 0.481 e. The normalized spacial score (nSPS) is 13.6. The highest BCUT2D eigenvalue weighted by Gasteiger charge is 2.17. The summed E-state index contributed by atoms with van der Waals surface area (Å²) in [6, 6.07) is 0. The molecule has 0 aliphatic rings. The molecule has 0 bridgehead atoms. The second-order valence-electron chi connectivity index (χ2n) is 2.95. The van der Waals surface area contributed by atoms with Gasteiger partial charge in [-0.1, -0.05) is 0 Å². The number of hydrogen-bond acceptors (Lipinski definition) is 3. The van der Waals surface area contributed by atoms with E-state index < -0.39 is 17.9 Å². The summed E-state index contributed by atoms with van der Waals surface area (Å²) in [6.45, 7) is 1.58. The zero-order valence-electron chi connectivity index (χ0n) is 7.93. The Labute approximate surface area is 81.4 Å². The van der Waals surface area contributed by atoms with Crippen LogP contribution in [0.4, 0.5) is 0 Å². The van der Waals surface area contributed by atoms with Crippen LogP contribution in [0.5, 0.6) is 0 Å². The summed E-state index contributed by atoms with van der Waals surface area (Å²) < 4.78 is 0. The van der Waals surface area contributed by atoms with E-state index in [9.17, 15) is 9.59 Å². The quantitative estimate of drug-likeness (QED) is 0.412. The van der Waals surface area contributed by atoms with Crippen LogP contribution in [-0.2, 0) is 9.59 Å². The third-order valence-corrected chi connectivity index (χ3v) is 1.62. The van der Waals surface area contributed by atoms with Crippen LogP contribution in [0.15, 0.2) is 4.99 Å². The molecule has 0 spiro atoms. The average Bonchev–Trinajstić information content (AvgIpc) is 2.02. The van der Waals surface area contributed by atoms with Crippen LogP contribution < -0.4 is 5.73 Å². The Morgan fingerprint density at radius 2 is 2.00 bits per heavy atom. The molecule has 0 amide bonds. The van der Waals surface area contributed by atoms with Gasteiger partial charge in [0.1, 0.15) is 0 Å². The third-order valence-electron chi connectivity index (χ3n) is 1.62. The molecular formula is C8H14N2O4. The van der Waals surface area contributed by atoms with Crippen LogP contribution in [0.25, 0.3) is 0 Å². The molecule has 0 aromatic rings. The van der Waals surface area contributed by atoms with E-state index in [0.717, 1.165) is 0 Å². The number of nitrogens with two attached hydrogens (primary N) is 1. The zero-order valence-corrected chi connectivity index (χ0v) is 7.93. The molecular weight excluding hydrogens is 188 g/mol. The highest BCUT2D eigenvalue weighted by molar-refractivity contribution is 5.78. The molecule has 0 rings (SSSR count). The third kappa shape index (κ3) is 5.99. The van der Waals surface area contributed by atoms with Gasteiger partial charge in [0.2, 0.25) is 0 Å². The number of aliphatic imine (C=N–C) groups is 1. The summed E-state index contributed by atoms with van der Waals surface area (Å²) in [4.78, 5) is 24.6. The van der Waals surface area contributed by atoms with Gasteiger partial charge in [0.25, 0.3) is 0 Å². The summed E-state index contributed by atoms with van der Waals surface area (Å²) in [5.74, 6) is -2.53. The van der Waals surface area contributed by atoms with Crippen LogP contribution in [0.1, 0.15) is 19.8 Å². The van der Waals surface area contributed by atoms with Crippen LogP contribution in [0, 0.1) is 5.92 Å². The lowest BCUT2D eigenvalue weighted by Gasteiger charge is -2.07. The molecule has 0 saturated heterocycles. The molecule has 4 N–H and O–H groups in total. The van der Waals surface area contributed by atoms with Gasteiger partial charge in [0, 0.05) is 6.42 Å². The van der Waals surface area contributed by atoms with Crippen molar-refractivity contribution >= 4 is 17.8 Å². The molecule has 0 aliphatic carbocycles. The minimum Gasteiger partial charge on any atom is -0.481 e. The van der Waals surface area contributed by atoms with Crippen molar-refractivity contribution in [1.82, 2.24) is 0 Å². The monoisotopic (exact) mass is 202 g/mol. The number of carbonyl (C=O) groups is 2. The van der Waals surface area contributed by atoms with Gasteiger partial charge in [0.15, 0.2) is 0 Å². The van der Waals surface area contributed by atoms with E-state index in [2.05, 4.69) is 4.99 Å². The molecule has 14 heavy (non-hydrogen) atoms. The van der Waals surface area contributed by atoms with Crippen LogP contribution in [0.3, 0.4) is 0 Å². The molecule has 6 nitrogen and oxygen atoms in total. The summed E-state index contributed by atoms with van der Waals surface area (Å²) in [7, 11) is 0. The van der Waals surface area contributed by atoms with E-state index in [1.807, 2.05) is 0 Å². The number of hydrogen-bond donors (Lipinski definition) is 3. The smallest absolute Gasteiger partial charge is 0.308 e.